The van der Waals surface area contributed by atoms with Crippen molar-refractivity contribution in [2.75, 3.05) is 5.88 Å². The molecule has 0 saturated heterocycles. The Morgan fingerprint density at radius 2 is 2.50 bits per heavy atom. The number of halogens is 1. The summed E-state index contributed by atoms with van der Waals surface area (Å²) in [7, 11) is 0. The lowest BCUT2D eigenvalue weighted by atomic mass is 9.88. The Morgan fingerprint density at radius 3 is 2.92 bits per heavy atom. The quantitative estimate of drug-likeness (QED) is 0.517. The first-order chi connectivity index (χ1) is 5.70. The minimum Gasteiger partial charge on any atom is -0.469 e. The molecule has 1 rings (SSSR count). The standard InChI is InChI=1S/C10H13ClO/c1-3-10(2,8-11)7-9-5-4-6-12-9/h3-6H,1,7-8H2,2H3. The van der Waals surface area contributed by atoms with Gasteiger partial charge in [-0.3, -0.25) is 0 Å². The minimum absolute atomic E-state index is 0.0561. The highest BCUT2D eigenvalue weighted by molar-refractivity contribution is 6.18. The number of hydrogen-bond acceptors (Lipinski definition) is 1. The lowest BCUT2D eigenvalue weighted by Gasteiger charge is -2.20. The van der Waals surface area contributed by atoms with Gasteiger partial charge in [0, 0.05) is 17.7 Å². The molecule has 0 spiro atoms. The van der Waals surface area contributed by atoms with Gasteiger partial charge in [0.15, 0.2) is 0 Å². The normalized spacial score (nSPS) is 15.5. The van der Waals surface area contributed by atoms with E-state index in [0.29, 0.717) is 5.88 Å². The smallest absolute Gasteiger partial charge is 0.104 e. The van der Waals surface area contributed by atoms with Gasteiger partial charge in [-0.15, -0.1) is 18.2 Å². The topological polar surface area (TPSA) is 13.1 Å². The van der Waals surface area contributed by atoms with E-state index in [1.807, 2.05) is 18.2 Å². The van der Waals surface area contributed by atoms with Crippen molar-refractivity contribution in [3.05, 3.63) is 36.8 Å². The Morgan fingerprint density at radius 1 is 1.75 bits per heavy atom. The van der Waals surface area contributed by atoms with Crippen LogP contribution in [0.4, 0.5) is 0 Å². The van der Waals surface area contributed by atoms with E-state index in [1.54, 1.807) is 6.26 Å². The predicted octanol–water partition coefficient (Wildman–Crippen LogP) is 3.25. The van der Waals surface area contributed by atoms with Crippen LogP contribution in [0.1, 0.15) is 12.7 Å². The summed E-state index contributed by atoms with van der Waals surface area (Å²) >= 11 is 5.81. The molecule has 0 aliphatic heterocycles. The van der Waals surface area contributed by atoms with E-state index >= 15 is 0 Å². The van der Waals surface area contributed by atoms with Crippen molar-refractivity contribution in [1.82, 2.24) is 0 Å². The maximum atomic E-state index is 5.81. The van der Waals surface area contributed by atoms with Crippen molar-refractivity contribution < 1.29 is 4.42 Å². The molecule has 2 heteroatoms. The maximum Gasteiger partial charge on any atom is 0.104 e. The van der Waals surface area contributed by atoms with Crippen molar-refractivity contribution in [2.45, 2.75) is 13.3 Å². The summed E-state index contributed by atoms with van der Waals surface area (Å²) < 4.78 is 5.23. The number of allylic oxidation sites excluding steroid dienone is 1. The van der Waals surface area contributed by atoms with Gasteiger partial charge in [-0.25, -0.2) is 0 Å². The zero-order valence-corrected chi connectivity index (χ0v) is 7.97. The SMILES string of the molecule is C=CC(C)(CCl)Cc1ccco1. The molecule has 0 saturated carbocycles. The van der Waals surface area contributed by atoms with Crippen LogP contribution >= 0.6 is 11.6 Å². The van der Waals surface area contributed by atoms with Crippen LogP contribution in [-0.4, -0.2) is 5.88 Å². The zero-order chi connectivity index (χ0) is 9.03. The fraction of sp³-hybridized carbons (Fsp3) is 0.400. The van der Waals surface area contributed by atoms with Gasteiger partial charge in [0.25, 0.3) is 0 Å². The minimum atomic E-state index is -0.0561. The second-order valence-electron chi connectivity index (χ2n) is 3.25. The number of rotatable bonds is 4. The number of furan rings is 1. The van der Waals surface area contributed by atoms with Crippen LogP contribution in [0.15, 0.2) is 35.5 Å². The van der Waals surface area contributed by atoms with Crippen molar-refractivity contribution >= 4 is 11.6 Å². The van der Waals surface area contributed by atoms with Gasteiger partial charge in [0.2, 0.25) is 0 Å². The van der Waals surface area contributed by atoms with Crippen LogP contribution in [0.2, 0.25) is 0 Å². The molecule has 0 aliphatic rings. The Balaban J connectivity index is 2.66. The van der Waals surface area contributed by atoms with Gasteiger partial charge < -0.3 is 4.42 Å². The van der Waals surface area contributed by atoms with Crippen LogP contribution in [0.25, 0.3) is 0 Å². The maximum absolute atomic E-state index is 5.81. The highest BCUT2D eigenvalue weighted by atomic mass is 35.5. The first-order valence-electron chi connectivity index (χ1n) is 3.92. The second kappa shape index (κ2) is 3.81. The molecule has 0 bridgehead atoms. The molecule has 0 radical (unpaired) electrons. The second-order valence-corrected chi connectivity index (χ2v) is 3.52. The van der Waals surface area contributed by atoms with Gasteiger partial charge in [-0.05, 0) is 12.1 Å². The van der Waals surface area contributed by atoms with Gasteiger partial charge in [-0.2, -0.15) is 0 Å². The average molecular weight is 185 g/mol. The summed E-state index contributed by atoms with van der Waals surface area (Å²) in [5, 5.41) is 0. The molecular weight excluding hydrogens is 172 g/mol. The summed E-state index contributed by atoms with van der Waals surface area (Å²) in [5.41, 5.74) is -0.0561. The van der Waals surface area contributed by atoms with Crippen molar-refractivity contribution in [3.8, 4) is 0 Å². The molecule has 12 heavy (non-hydrogen) atoms. The molecule has 1 aromatic rings. The van der Waals surface area contributed by atoms with Crippen LogP contribution in [0.3, 0.4) is 0 Å². The van der Waals surface area contributed by atoms with Crippen LogP contribution in [0, 0.1) is 5.41 Å². The molecule has 66 valence electrons. The third kappa shape index (κ3) is 2.15. The molecule has 1 nitrogen and oxygen atoms in total. The molecular formula is C10H13ClO. The molecule has 0 aromatic carbocycles. The van der Waals surface area contributed by atoms with Gasteiger partial charge >= 0.3 is 0 Å². The van der Waals surface area contributed by atoms with E-state index in [0.717, 1.165) is 12.2 Å². The summed E-state index contributed by atoms with van der Waals surface area (Å²) in [5.74, 6) is 1.52. The molecule has 1 atom stereocenters. The summed E-state index contributed by atoms with van der Waals surface area (Å²) in [6, 6.07) is 3.83. The molecule has 0 fully saturated rings. The zero-order valence-electron chi connectivity index (χ0n) is 7.22. The monoisotopic (exact) mass is 184 g/mol. The van der Waals surface area contributed by atoms with E-state index in [9.17, 15) is 0 Å². The van der Waals surface area contributed by atoms with Gasteiger partial charge in [-0.1, -0.05) is 13.0 Å². The van der Waals surface area contributed by atoms with E-state index in [-0.39, 0.29) is 5.41 Å². The Kier molecular flexibility index (Phi) is 2.99. The van der Waals surface area contributed by atoms with Gasteiger partial charge in [0.1, 0.15) is 5.76 Å². The molecule has 0 aliphatic carbocycles. The van der Waals surface area contributed by atoms with Gasteiger partial charge in [0.05, 0.1) is 6.26 Å². The summed E-state index contributed by atoms with van der Waals surface area (Å²) in [6.45, 7) is 5.82. The van der Waals surface area contributed by atoms with Crippen molar-refractivity contribution in [2.24, 2.45) is 5.41 Å². The number of alkyl halides is 1. The lowest BCUT2D eigenvalue weighted by molar-refractivity contribution is 0.410. The summed E-state index contributed by atoms with van der Waals surface area (Å²) in [6.07, 6.45) is 4.36. The van der Waals surface area contributed by atoms with E-state index in [1.165, 1.54) is 0 Å². The highest BCUT2D eigenvalue weighted by Gasteiger charge is 2.20. The first-order valence-corrected chi connectivity index (χ1v) is 4.45. The predicted molar refractivity (Wildman–Crippen MR) is 51.4 cm³/mol. The van der Waals surface area contributed by atoms with Crippen molar-refractivity contribution in [1.29, 1.82) is 0 Å². The molecule has 0 N–H and O–H groups in total. The fourth-order valence-electron chi connectivity index (χ4n) is 0.985. The Hall–Kier alpha value is -0.690. The van der Waals surface area contributed by atoms with Crippen LogP contribution < -0.4 is 0 Å². The number of hydrogen-bond donors (Lipinski definition) is 0. The third-order valence-electron chi connectivity index (χ3n) is 1.96. The highest BCUT2D eigenvalue weighted by Crippen LogP contribution is 2.25. The molecule has 1 unspecified atom stereocenters. The van der Waals surface area contributed by atoms with Crippen LogP contribution in [-0.2, 0) is 6.42 Å². The van der Waals surface area contributed by atoms with E-state index < -0.39 is 0 Å². The summed E-state index contributed by atoms with van der Waals surface area (Å²) in [4.78, 5) is 0. The first kappa shape index (κ1) is 9.40. The fourth-order valence-corrected chi connectivity index (χ4v) is 1.19. The Bertz CT molecular complexity index is 240. The van der Waals surface area contributed by atoms with Crippen molar-refractivity contribution in [3.63, 3.8) is 0 Å². The third-order valence-corrected chi connectivity index (χ3v) is 2.57. The lowest BCUT2D eigenvalue weighted by Crippen LogP contribution is -2.17. The Labute approximate surface area is 78.0 Å². The molecule has 1 heterocycles. The molecule has 0 amide bonds. The van der Waals surface area contributed by atoms with E-state index in [2.05, 4.69) is 13.5 Å². The average Bonchev–Trinajstić information content (AvgIpc) is 2.57. The van der Waals surface area contributed by atoms with Crippen LogP contribution in [0.5, 0.6) is 0 Å². The largest absolute Gasteiger partial charge is 0.469 e. The van der Waals surface area contributed by atoms with E-state index in [4.69, 9.17) is 16.0 Å². The molecule has 1 aromatic heterocycles.